The molecule has 3 aliphatic rings. The maximum atomic E-state index is 2.85. The van der Waals surface area contributed by atoms with Crippen LogP contribution in [-0.4, -0.2) is 23.5 Å². The summed E-state index contributed by atoms with van der Waals surface area (Å²) in [5, 5.41) is 0. The van der Waals surface area contributed by atoms with Crippen molar-refractivity contribution in [3.63, 3.8) is 0 Å². The maximum absolute atomic E-state index is 2.85. The maximum Gasteiger partial charge on any atom is 0.0212 e. The fraction of sp³-hybridized carbons (Fsp3) is 1.00. The average Bonchev–Trinajstić information content (AvgIpc) is 2.80. The SMILES string of the molecule is C1CCN(C23CCC(CC2)C3)CC1. The van der Waals surface area contributed by atoms with Gasteiger partial charge in [-0.05, 0) is 64.0 Å². The minimum atomic E-state index is 0.713. The van der Waals surface area contributed by atoms with E-state index in [1.54, 1.807) is 6.42 Å². The molecule has 0 aromatic rings. The zero-order valence-corrected chi connectivity index (χ0v) is 8.60. The topological polar surface area (TPSA) is 3.24 Å². The van der Waals surface area contributed by atoms with Crippen molar-refractivity contribution < 1.29 is 0 Å². The molecule has 1 heterocycles. The van der Waals surface area contributed by atoms with Crippen molar-refractivity contribution in [2.75, 3.05) is 13.1 Å². The lowest BCUT2D eigenvalue weighted by molar-refractivity contribution is 0.0735. The highest BCUT2D eigenvalue weighted by Crippen LogP contribution is 2.51. The fourth-order valence-electron chi connectivity index (χ4n) is 3.97. The summed E-state index contributed by atoms with van der Waals surface area (Å²) in [4.78, 5) is 2.85. The van der Waals surface area contributed by atoms with E-state index in [0.29, 0.717) is 5.54 Å². The molecule has 0 N–H and O–H groups in total. The Balaban J connectivity index is 1.75. The van der Waals surface area contributed by atoms with E-state index in [1.807, 2.05) is 0 Å². The zero-order chi connectivity index (χ0) is 8.73. The Labute approximate surface area is 81.5 Å². The first-order valence-corrected chi connectivity index (χ1v) is 6.14. The lowest BCUT2D eigenvalue weighted by Crippen LogP contribution is -2.48. The Bertz CT molecular complexity index is 185. The number of piperidine rings is 1. The number of hydrogen-bond donors (Lipinski definition) is 0. The Morgan fingerprint density at radius 2 is 1.62 bits per heavy atom. The number of likely N-dealkylation sites (tertiary alicyclic amines) is 1. The van der Waals surface area contributed by atoms with Crippen LogP contribution >= 0.6 is 0 Å². The summed E-state index contributed by atoms with van der Waals surface area (Å²) in [5.41, 5.74) is 0.713. The third kappa shape index (κ3) is 1.24. The second kappa shape index (κ2) is 2.98. The lowest BCUT2D eigenvalue weighted by Gasteiger charge is -2.42. The lowest BCUT2D eigenvalue weighted by atomic mass is 9.90. The van der Waals surface area contributed by atoms with E-state index >= 15 is 0 Å². The van der Waals surface area contributed by atoms with Gasteiger partial charge in [-0.1, -0.05) is 6.42 Å². The number of fused-ring (bicyclic) bond motifs is 2. The Morgan fingerprint density at radius 1 is 0.923 bits per heavy atom. The third-order valence-corrected chi connectivity index (χ3v) is 4.73. The van der Waals surface area contributed by atoms with Crippen molar-refractivity contribution in [3.05, 3.63) is 0 Å². The fourth-order valence-corrected chi connectivity index (χ4v) is 3.97. The first-order valence-electron chi connectivity index (χ1n) is 6.14. The van der Waals surface area contributed by atoms with Gasteiger partial charge in [0.25, 0.3) is 0 Å². The average molecular weight is 179 g/mol. The van der Waals surface area contributed by atoms with E-state index < -0.39 is 0 Å². The molecule has 1 heteroatoms. The molecule has 0 aromatic heterocycles. The van der Waals surface area contributed by atoms with Crippen LogP contribution in [0.15, 0.2) is 0 Å². The van der Waals surface area contributed by atoms with Crippen LogP contribution in [0.1, 0.15) is 51.4 Å². The summed E-state index contributed by atoms with van der Waals surface area (Å²) in [6.07, 6.45) is 12.1. The molecule has 2 saturated carbocycles. The highest BCUT2D eigenvalue weighted by atomic mass is 15.2. The van der Waals surface area contributed by atoms with Crippen molar-refractivity contribution in [2.45, 2.75) is 56.9 Å². The van der Waals surface area contributed by atoms with E-state index in [2.05, 4.69) is 4.90 Å². The number of hydrogen-bond acceptors (Lipinski definition) is 1. The smallest absolute Gasteiger partial charge is 0.0212 e. The predicted molar refractivity (Wildman–Crippen MR) is 54.7 cm³/mol. The first kappa shape index (κ1) is 8.28. The van der Waals surface area contributed by atoms with Crippen molar-refractivity contribution in [3.8, 4) is 0 Å². The molecule has 74 valence electrons. The molecule has 1 nitrogen and oxygen atoms in total. The Kier molecular flexibility index (Phi) is 1.90. The van der Waals surface area contributed by atoms with Gasteiger partial charge in [-0.15, -0.1) is 0 Å². The monoisotopic (exact) mass is 179 g/mol. The van der Waals surface area contributed by atoms with Gasteiger partial charge in [-0.2, -0.15) is 0 Å². The first-order chi connectivity index (χ1) is 6.39. The van der Waals surface area contributed by atoms with E-state index in [4.69, 9.17) is 0 Å². The van der Waals surface area contributed by atoms with E-state index in [-0.39, 0.29) is 0 Å². The van der Waals surface area contributed by atoms with Crippen LogP contribution in [0.3, 0.4) is 0 Å². The van der Waals surface area contributed by atoms with Crippen molar-refractivity contribution >= 4 is 0 Å². The molecular formula is C12H21N. The summed E-state index contributed by atoms with van der Waals surface area (Å²) in [5.74, 6) is 1.11. The Hall–Kier alpha value is -0.0400. The minimum absolute atomic E-state index is 0.713. The molecule has 2 aliphatic carbocycles. The highest BCUT2D eigenvalue weighted by Gasteiger charge is 2.48. The van der Waals surface area contributed by atoms with Gasteiger partial charge in [0.05, 0.1) is 0 Å². The normalized spacial score (nSPS) is 45.7. The number of rotatable bonds is 1. The molecule has 1 saturated heterocycles. The van der Waals surface area contributed by atoms with Gasteiger partial charge in [-0.3, -0.25) is 4.90 Å². The van der Waals surface area contributed by atoms with Crippen LogP contribution in [0.4, 0.5) is 0 Å². The van der Waals surface area contributed by atoms with Crippen LogP contribution < -0.4 is 0 Å². The minimum Gasteiger partial charge on any atom is -0.298 e. The van der Waals surface area contributed by atoms with Gasteiger partial charge in [0.2, 0.25) is 0 Å². The molecule has 13 heavy (non-hydrogen) atoms. The van der Waals surface area contributed by atoms with Crippen molar-refractivity contribution in [2.24, 2.45) is 5.92 Å². The molecule has 0 spiro atoms. The van der Waals surface area contributed by atoms with E-state index in [0.717, 1.165) is 5.92 Å². The van der Waals surface area contributed by atoms with Crippen molar-refractivity contribution in [1.29, 1.82) is 0 Å². The van der Waals surface area contributed by atoms with Crippen LogP contribution in [0, 0.1) is 5.92 Å². The summed E-state index contributed by atoms with van der Waals surface area (Å²) in [7, 11) is 0. The second-order valence-corrected chi connectivity index (χ2v) is 5.42. The standard InChI is InChI=1S/C12H21N/c1-2-8-13(9-3-1)12-6-4-11(10-12)5-7-12/h11H,1-10H2. The number of nitrogens with zero attached hydrogens (tertiary/aromatic N) is 1. The van der Waals surface area contributed by atoms with Gasteiger partial charge in [0, 0.05) is 5.54 Å². The third-order valence-electron chi connectivity index (χ3n) is 4.73. The van der Waals surface area contributed by atoms with Gasteiger partial charge in [0.15, 0.2) is 0 Å². The van der Waals surface area contributed by atoms with Crippen LogP contribution in [0.25, 0.3) is 0 Å². The summed E-state index contributed by atoms with van der Waals surface area (Å²) < 4.78 is 0. The van der Waals surface area contributed by atoms with Crippen LogP contribution in [-0.2, 0) is 0 Å². The summed E-state index contributed by atoms with van der Waals surface area (Å²) in [6.45, 7) is 2.82. The molecule has 3 fully saturated rings. The van der Waals surface area contributed by atoms with Crippen molar-refractivity contribution in [1.82, 2.24) is 4.90 Å². The molecular weight excluding hydrogens is 158 g/mol. The highest BCUT2D eigenvalue weighted by molar-refractivity contribution is 5.04. The summed E-state index contributed by atoms with van der Waals surface area (Å²) in [6, 6.07) is 0. The molecule has 0 unspecified atom stereocenters. The molecule has 0 atom stereocenters. The van der Waals surface area contributed by atoms with Gasteiger partial charge in [-0.25, -0.2) is 0 Å². The van der Waals surface area contributed by atoms with Crippen LogP contribution in [0.5, 0.6) is 0 Å². The van der Waals surface area contributed by atoms with Gasteiger partial charge >= 0.3 is 0 Å². The molecule has 1 aliphatic heterocycles. The Morgan fingerprint density at radius 3 is 2.15 bits per heavy atom. The van der Waals surface area contributed by atoms with E-state index in [9.17, 15) is 0 Å². The van der Waals surface area contributed by atoms with Gasteiger partial charge in [0.1, 0.15) is 0 Å². The molecule has 2 bridgehead atoms. The molecule has 0 radical (unpaired) electrons. The predicted octanol–water partition coefficient (Wildman–Crippen LogP) is 2.81. The van der Waals surface area contributed by atoms with Crippen LogP contribution in [0.2, 0.25) is 0 Å². The molecule has 0 amide bonds. The molecule has 3 rings (SSSR count). The zero-order valence-electron chi connectivity index (χ0n) is 8.60. The quantitative estimate of drug-likeness (QED) is 0.598. The second-order valence-electron chi connectivity index (χ2n) is 5.42. The van der Waals surface area contributed by atoms with E-state index in [1.165, 1.54) is 58.0 Å². The summed E-state index contributed by atoms with van der Waals surface area (Å²) >= 11 is 0. The van der Waals surface area contributed by atoms with Gasteiger partial charge < -0.3 is 0 Å². The largest absolute Gasteiger partial charge is 0.298 e. The molecule has 0 aromatic carbocycles.